The lowest BCUT2D eigenvalue weighted by molar-refractivity contribution is -0.384. The topological polar surface area (TPSA) is 110 Å². The molecule has 1 atom stereocenters. The van der Waals surface area contributed by atoms with Crippen LogP contribution in [0.3, 0.4) is 0 Å². The molecule has 3 rings (SSSR count). The van der Waals surface area contributed by atoms with Gasteiger partial charge in [-0.05, 0) is 12.0 Å². The quantitative estimate of drug-likeness (QED) is 0.192. The van der Waals surface area contributed by atoms with Crippen LogP contribution in [0.25, 0.3) is 5.76 Å². The molecular weight excluding hydrogens is 376 g/mol. The normalized spacial score (nSPS) is 18.2. The molecule has 29 heavy (non-hydrogen) atoms. The molecule has 1 heterocycles. The molecule has 0 unspecified atom stereocenters. The molecule has 1 saturated heterocycles. The molecule has 0 spiro atoms. The van der Waals surface area contributed by atoms with Gasteiger partial charge in [0.25, 0.3) is 17.4 Å². The highest BCUT2D eigenvalue weighted by atomic mass is 16.6. The van der Waals surface area contributed by atoms with E-state index in [1.807, 2.05) is 0 Å². The minimum Gasteiger partial charge on any atom is -0.507 e. The van der Waals surface area contributed by atoms with Crippen LogP contribution in [0.15, 0.2) is 60.2 Å². The van der Waals surface area contributed by atoms with Crippen molar-refractivity contribution in [1.82, 2.24) is 4.90 Å². The fourth-order valence-corrected chi connectivity index (χ4v) is 3.40. The average molecular weight is 396 g/mol. The highest BCUT2D eigenvalue weighted by Crippen LogP contribution is 2.40. The van der Waals surface area contributed by atoms with E-state index in [2.05, 4.69) is 0 Å². The maximum absolute atomic E-state index is 12.8. The minimum absolute atomic E-state index is 0.0842. The smallest absolute Gasteiger partial charge is 0.295 e. The average Bonchev–Trinajstić information content (AvgIpc) is 2.99. The maximum Gasteiger partial charge on any atom is 0.295 e. The predicted octanol–water partition coefficient (Wildman–Crippen LogP) is 3.05. The molecule has 150 valence electrons. The number of likely N-dealkylation sites (tertiary alicyclic amines) is 1. The zero-order chi connectivity index (χ0) is 21.0. The van der Waals surface area contributed by atoms with Crippen LogP contribution in [0.4, 0.5) is 5.69 Å². The van der Waals surface area contributed by atoms with Gasteiger partial charge in [0.15, 0.2) is 0 Å². The maximum atomic E-state index is 12.8. The van der Waals surface area contributed by atoms with Gasteiger partial charge in [-0.15, -0.1) is 0 Å². The van der Waals surface area contributed by atoms with Crippen molar-refractivity contribution in [2.75, 3.05) is 20.3 Å². The number of nitro groups is 1. The molecule has 1 N–H and O–H groups in total. The Morgan fingerprint density at radius 2 is 1.90 bits per heavy atom. The van der Waals surface area contributed by atoms with Crippen molar-refractivity contribution in [3.8, 4) is 0 Å². The van der Waals surface area contributed by atoms with E-state index in [4.69, 9.17) is 4.74 Å². The molecule has 0 radical (unpaired) electrons. The number of rotatable bonds is 7. The number of non-ortho nitro benzene ring substituents is 1. The van der Waals surface area contributed by atoms with E-state index in [0.29, 0.717) is 24.2 Å². The van der Waals surface area contributed by atoms with Gasteiger partial charge in [-0.3, -0.25) is 19.7 Å². The summed E-state index contributed by atoms with van der Waals surface area (Å²) in [5.74, 6) is -1.88. The summed E-state index contributed by atoms with van der Waals surface area (Å²) in [5.41, 5.74) is 0.523. The van der Waals surface area contributed by atoms with E-state index in [1.165, 1.54) is 30.2 Å². The number of nitro benzene ring substituents is 1. The molecule has 2 aromatic carbocycles. The molecule has 8 heteroatoms. The van der Waals surface area contributed by atoms with Crippen molar-refractivity contribution in [1.29, 1.82) is 0 Å². The summed E-state index contributed by atoms with van der Waals surface area (Å²) in [6.45, 7) is 0.584. The Bertz CT molecular complexity index is 970. The number of carbonyl (C=O) groups is 2. The van der Waals surface area contributed by atoms with Crippen LogP contribution in [-0.2, 0) is 14.3 Å². The summed E-state index contributed by atoms with van der Waals surface area (Å²) in [6, 6.07) is 13.2. The molecule has 1 amide bonds. The Kier molecular flexibility index (Phi) is 6.04. The number of methoxy groups -OCH3 is 1. The van der Waals surface area contributed by atoms with Gasteiger partial charge in [0.2, 0.25) is 0 Å². The van der Waals surface area contributed by atoms with Crippen LogP contribution in [0.1, 0.15) is 23.6 Å². The van der Waals surface area contributed by atoms with Crippen LogP contribution < -0.4 is 0 Å². The summed E-state index contributed by atoms with van der Waals surface area (Å²) in [5, 5.41) is 22.0. The van der Waals surface area contributed by atoms with Gasteiger partial charge in [0, 0.05) is 38.0 Å². The largest absolute Gasteiger partial charge is 0.507 e. The molecule has 0 aliphatic carbocycles. The number of benzene rings is 2. The molecule has 0 saturated carbocycles. The second kappa shape index (κ2) is 8.66. The van der Waals surface area contributed by atoms with E-state index < -0.39 is 22.7 Å². The van der Waals surface area contributed by atoms with Crippen molar-refractivity contribution < 1.29 is 24.4 Å². The van der Waals surface area contributed by atoms with Crippen molar-refractivity contribution in [2.45, 2.75) is 12.5 Å². The molecular formula is C21H20N2O6. The third-order valence-corrected chi connectivity index (χ3v) is 4.73. The Hall–Kier alpha value is -3.52. The van der Waals surface area contributed by atoms with Crippen LogP contribution in [0, 0.1) is 10.1 Å². The summed E-state index contributed by atoms with van der Waals surface area (Å²) < 4.78 is 5.03. The first kappa shape index (κ1) is 20.2. The van der Waals surface area contributed by atoms with Gasteiger partial charge in [-0.25, -0.2) is 0 Å². The van der Waals surface area contributed by atoms with E-state index >= 15 is 0 Å². The number of hydrogen-bond acceptors (Lipinski definition) is 6. The number of amides is 1. The third-order valence-electron chi connectivity index (χ3n) is 4.73. The molecule has 8 nitrogen and oxygen atoms in total. The van der Waals surface area contributed by atoms with Crippen LogP contribution in [0.2, 0.25) is 0 Å². The molecule has 2 aromatic rings. The van der Waals surface area contributed by atoms with E-state index in [9.17, 15) is 24.8 Å². The highest BCUT2D eigenvalue weighted by molar-refractivity contribution is 6.46. The lowest BCUT2D eigenvalue weighted by Crippen LogP contribution is -2.31. The molecule has 0 bridgehead atoms. The predicted molar refractivity (Wildman–Crippen MR) is 105 cm³/mol. The Morgan fingerprint density at radius 3 is 2.55 bits per heavy atom. The number of aliphatic hydroxyl groups excluding tert-OH is 1. The van der Waals surface area contributed by atoms with Crippen LogP contribution in [0.5, 0.6) is 0 Å². The standard InChI is InChI=1S/C21H20N2O6/c1-29-12-6-11-22-18(15-9-5-10-16(13-15)23(27)28)17(20(25)21(22)26)19(24)14-7-3-2-4-8-14/h2-5,7-10,13,18,24H,6,11-12H2,1H3/t18-/m0/s1. The number of carbonyl (C=O) groups excluding carboxylic acids is 2. The first-order valence-electron chi connectivity index (χ1n) is 9.02. The molecule has 1 fully saturated rings. The van der Waals surface area contributed by atoms with Gasteiger partial charge in [0.1, 0.15) is 5.76 Å². The number of aliphatic hydroxyl groups is 1. The lowest BCUT2D eigenvalue weighted by atomic mass is 9.95. The fraction of sp³-hybridized carbons (Fsp3) is 0.238. The third kappa shape index (κ3) is 4.02. The monoisotopic (exact) mass is 396 g/mol. The van der Waals surface area contributed by atoms with Crippen LogP contribution >= 0.6 is 0 Å². The highest BCUT2D eigenvalue weighted by Gasteiger charge is 2.46. The lowest BCUT2D eigenvalue weighted by Gasteiger charge is -2.25. The number of ether oxygens (including phenoxy) is 1. The second-order valence-electron chi connectivity index (χ2n) is 6.56. The summed E-state index contributed by atoms with van der Waals surface area (Å²) >= 11 is 0. The minimum atomic E-state index is -0.924. The Balaban J connectivity index is 2.15. The molecule has 1 aliphatic rings. The zero-order valence-electron chi connectivity index (χ0n) is 15.8. The van der Waals surface area contributed by atoms with Gasteiger partial charge in [-0.1, -0.05) is 42.5 Å². The van der Waals surface area contributed by atoms with Crippen LogP contribution in [-0.4, -0.2) is 46.9 Å². The number of nitrogens with zero attached hydrogens (tertiary/aromatic N) is 2. The SMILES string of the molecule is COCCCN1C(=O)C(=O)C(=C(O)c2ccccc2)[C@@H]1c1cccc([N+](=O)[O-])c1. The zero-order valence-corrected chi connectivity index (χ0v) is 15.8. The number of hydrogen-bond donors (Lipinski definition) is 1. The van der Waals surface area contributed by atoms with Gasteiger partial charge >= 0.3 is 0 Å². The molecule has 1 aliphatic heterocycles. The van der Waals surface area contributed by atoms with Gasteiger partial charge < -0.3 is 14.7 Å². The summed E-state index contributed by atoms with van der Waals surface area (Å²) in [4.78, 5) is 37.5. The molecule has 0 aromatic heterocycles. The first-order valence-corrected chi connectivity index (χ1v) is 9.02. The van der Waals surface area contributed by atoms with E-state index in [0.717, 1.165) is 0 Å². The van der Waals surface area contributed by atoms with E-state index in [-0.39, 0.29) is 23.6 Å². The fourth-order valence-electron chi connectivity index (χ4n) is 3.40. The summed E-state index contributed by atoms with van der Waals surface area (Å²) in [7, 11) is 1.53. The van der Waals surface area contributed by atoms with Crippen molar-refractivity contribution in [2.24, 2.45) is 0 Å². The van der Waals surface area contributed by atoms with E-state index in [1.54, 1.807) is 36.4 Å². The Labute approximate surface area is 167 Å². The number of ketones is 1. The van der Waals surface area contributed by atoms with Crippen molar-refractivity contribution >= 4 is 23.1 Å². The van der Waals surface area contributed by atoms with Gasteiger partial charge in [-0.2, -0.15) is 0 Å². The summed E-state index contributed by atoms with van der Waals surface area (Å²) in [6.07, 6.45) is 0.473. The number of Topliss-reactive ketones (excluding diaryl/α,β-unsaturated/α-hetero) is 1. The Morgan fingerprint density at radius 1 is 1.17 bits per heavy atom. The van der Waals surface area contributed by atoms with Gasteiger partial charge in [0.05, 0.1) is 16.5 Å². The van der Waals surface area contributed by atoms with Crippen molar-refractivity contribution in [3.63, 3.8) is 0 Å². The second-order valence-corrected chi connectivity index (χ2v) is 6.56. The van der Waals surface area contributed by atoms with Crippen molar-refractivity contribution in [3.05, 3.63) is 81.4 Å². The first-order chi connectivity index (χ1) is 14.0.